The average molecular weight is 650 g/mol. The van der Waals surface area contributed by atoms with Gasteiger partial charge in [0.2, 0.25) is 11.8 Å². The Bertz CT molecular complexity index is 1480. The van der Waals surface area contributed by atoms with Crippen LogP contribution in [0.3, 0.4) is 0 Å². The summed E-state index contributed by atoms with van der Waals surface area (Å²) >= 11 is 6.67. The Hall–Kier alpha value is -3.66. The Morgan fingerprint density at radius 1 is 1.09 bits per heavy atom. The largest absolute Gasteiger partial charge is 0.494 e. The number of likely N-dealkylation sites (tertiary alicyclic amines) is 1. The summed E-state index contributed by atoms with van der Waals surface area (Å²) in [6, 6.07) is 11.7. The Balaban J connectivity index is 1.58. The number of anilines is 2. The molecule has 2 bridgehead atoms. The van der Waals surface area contributed by atoms with Crippen molar-refractivity contribution in [2.45, 2.75) is 63.7 Å². The van der Waals surface area contributed by atoms with Gasteiger partial charge in [-0.3, -0.25) is 14.4 Å². The average Bonchev–Trinajstić information content (AvgIpc) is 3.60. The lowest BCUT2D eigenvalue weighted by molar-refractivity contribution is -0.144. The van der Waals surface area contributed by atoms with Gasteiger partial charge >= 0.3 is 0 Å². The number of carbonyl (C=O) groups excluding carboxylic acids is 3. The van der Waals surface area contributed by atoms with Crippen molar-refractivity contribution in [3.63, 3.8) is 0 Å². The van der Waals surface area contributed by atoms with Gasteiger partial charge in [-0.15, -0.1) is 13.2 Å². The molecule has 0 radical (unpaired) electrons. The molecule has 9 nitrogen and oxygen atoms in total. The molecule has 2 unspecified atom stereocenters. The minimum absolute atomic E-state index is 0.0368. The van der Waals surface area contributed by atoms with Crippen molar-refractivity contribution in [2.75, 3.05) is 42.6 Å². The van der Waals surface area contributed by atoms with E-state index in [4.69, 9.17) is 21.1 Å². The molecular weight excluding hydrogens is 606 g/mol. The minimum Gasteiger partial charge on any atom is -0.494 e. The highest BCUT2D eigenvalue weighted by molar-refractivity contribution is 6.34. The van der Waals surface area contributed by atoms with Gasteiger partial charge in [0, 0.05) is 31.9 Å². The number of fused-ring (bicyclic) bond motifs is 1. The molecule has 3 heterocycles. The topological polar surface area (TPSA) is 99.6 Å². The number of hydrogen-bond donors (Lipinski definition) is 1. The first-order chi connectivity index (χ1) is 22.1. The number of unbranched alkanes of at least 4 members (excludes halogenated alkanes) is 1. The van der Waals surface area contributed by atoms with Crippen LogP contribution in [0.25, 0.3) is 0 Å². The highest BCUT2D eigenvalue weighted by Crippen LogP contribution is 2.63. The van der Waals surface area contributed by atoms with E-state index in [2.05, 4.69) is 13.2 Å². The quantitative estimate of drug-likeness (QED) is 0.220. The summed E-state index contributed by atoms with van der Waals surface area (Å²) < 4.78 is 12.5. The van der Waals surface area contributed by atoms with Gasteiger partial charge in [0.1, 0.15) is 17.4 Å². The van der Waals surface area contributed by atoms with E-state index in [0.29, 0.717) is 54.4 Å². The van der Waals surface area contributed by atoms with Gasteiger partial charge in [0.15, 0.2) is 0 Å². The molecule has 3 saturated heterocycles. The third-order valence-corrected chi connectivity index (χ3v) is 9.96. The van der Waals surface area contributed by atoms with Gasteiger partial charge in [-0.25, -0.2) is 0 Å². The van der Waals surface area contributed by atoms with Crippen LogP contribution >= 0.6 is 11.6 Å². The number of nitrogens with zero attached hydrogens (tertiary/aromatic N) is 3. The van der Waals surface area contributed by atoms with Crippen molar-refractivity contribution in [3.8, 4) is 5.75 Å². The maximum Gasteiger partial charge on any atom is 0.253 e. The van der Waals surface area contributed by atoms with Crippen LogP contribution in [0.5, 0.6) is 5.75 Å². The monoisotopic (exact) mass is 649 g/mol. The van der Waals surface area contributed by atoms with Crippen LogP contribution < -0.4 is 14.5 Å². The van der Waals surface area contributed by atoms with Crippen LogP contribution in [0.2, 0.25) is 5.02 Å². The van der Waals surface area contributed by atoms with Gasteiger partial charge in [-0.2, -0.15) is 0 Å². The van der Waals surface area contributed by atoms with Crippen molar-refractivity contribution in [3.05, 3.63) is 78.4 Å². The van der Waals surface area contributed by atoms with E-state index in [-0.39, 0.29) is 44.0 Å². The Kier molecular flexibility index (Phi) is 9.96. The first-order valence-corrected chi connectivity index (χ1v) is 16.4. The van der Waals surface area contributed by atoms with Crippen molar-refractivity contribution in [1.29, 1.82) is 0 Å². The van der Waals surface area contributed by atoms with Crippen molar-refractivity contribution in [1.82, 2.24) is 4.90 Å². The van der Waals surface area contributed by atoms with Crippen LogP contribution in [0.1, 0.15) is 45.1 Å². The molecule has 246 valence electrons. The summed E-state index contributed by atoms with van der Waals surface area (Å²) in [5.74, 6) is -1.86. The van der Waals surface area contributed by atoms with Gasteiger partial charge in [0.05, 0.1) is 34.8 Å². The lowest BCUT2D eigenvalue weighted by atomic mass is 9.66. The molecule has 46 heavy (non-hydrogen) atoms. The smallest absolute Gasteiger partial charge is 0.253 e. The molecule has 3 aliphatic rings. The minimum atomic E-state index is -1.21. The predicted octanol–water partition coefficient (Wildman–Crippen LogP) is 5.32. The summed E-state index contributed by atoms with van der Waals surface area (Å²) in [6.07, 6.45) is 5.21. The molecule has 0 saturated carbocycles. The lowest BCUT2D eigenvalue weighted by Crippen LogP contribution is -2.57. The van der Waals surface area contributed by atoms with E-state index in [0.717, 1.165) is 5.56 Å². The fourth-order valence-corrected chi connectivity index (χ4v) is 8.08. The zero-order chi connectivity index (χ0) is 33.2. The molecule has 3 fully saturated rings. The SMILES string of the molecule is C=CCN(C(=O)[C@@H]1[C@H]2C(=O)N(CCCCO)C(C(=O)N(CC=C)c3c(C)cccc3Cl)C23CC[C@@]1(C)O3)c1ccc(OCC)cc1. The second-order valence-corrected chi connectivity index (χ2v) is 12.9. The summed E-state index contributed by atoms with van der Waals surface area (Å²) in [5.41, 5.74) is -0.161. The summed E-state index contributed by atoms with van der Waals surface area (Å²) in [4.78, 5) is 48.9. The standard InChI is InChI=1S/C36H44ClN3O6/c1-6-20-38(25-14-16-26(17-15-25)45-8-3)32(42)28-29-33(43)40(22-9-10-23-41)31(36(29)19-18-35(28,5)46-36)34(44)39(21-7-2)30-24(4)12-11-13-27(30)37/h6-7,11-17,28-29,31,41H,1-2,8-10,18-23H2,3-5H3/t28-,29-,31?,35+,36?/m0/s1. The van der Waals surface area contributed by atoms with E-state index < -0.39 is 29.1 Å². The van der Waals surface area contributed by atoms with Crippen molar-refractivity contribution < 1.29 is 29.0 Å². The molecule has 2 aromatic carbocycles. The van der Waals surface area contributed by atoms with Crippen LogP contribution in [-0.4, -0.2) is 77.8 Å². The highest BCUT2D eigenvalue weighted by atomic mass is 35.5. The Morgan fingerprint density at radius 3 is 2.41 bits per heavy atom. The number of amides is 3. The first kappa shape index (κ1) is 33.7. The third-order valence-electron chi connectivity index (χ3n) is 9.66. The zero-order valence-electron chi connectivity index (χ0n) is 26.9. The number of hydrogen-bond acceptors (Lipinski definition) is 6. The number of aliphatic hydroxyl groups is 1. The van der Waals surface area contributed by atoms with Crippen LogP contribution in [0.15, 0.2) is 67.8 Å². The van der Waals surface area contributed by atoms with Gasteiger partial charge in [0.25, 0.3) is 5.91 Å². The molecule has 10 heteroatoms. The molecule has 5 atom stereocenters. The molecule has 3 amide bonds. The molecule has 0 aromatic heterocycles. The lowest BCUT2D eigenvalue weighted by Gasteiger charge is -2.37. The van der Waals surface area contributed by atoms with Crippen LogP contribution in [-0.2, 0) is 19.1 Å². The summed E-state index contributed by atoms with van der Waals surface area (Å²) in [6.45, 7) is 14.6. The van der Waals surface area contributed by atoms with Gasteiger partial charge < -0.3 is 29.3 Å². The highest BCUT2D eigenvalue weighted by Gasteiger charge is 2.78. The fraction of sp³-hybridized carbons (Fsp3) is 0.472. The molecule has 3 aliphatic heterocycles. The van der Waals surface area contributed by atoms with Crippen LogP contribution in [0, 0.1) is 18.8 Å². The molecule has 5 rings (SSSR count). The van der Waals surface area contributed by atoms with E-state index in [9.17, 15) is 19.5 Å². The normalized spacial score (nSPS) is 26.2. The summed E-state index contributed by atoms with van der Waals surface area (Å²) in [7, 11) is 0. The van der Waals surface area contributed by atoms with Crippen molar-refractivity contribution >= 4 is 40.7 Å². The van der Waals surface area contributed by atoms with E-state index >= 15 is 0 Å². The third kappa shape index (κ3) is 5.63. The van der Waals surface area contributed by atoms with Crippen molar-refractivity contribution in [2.24, 2.45) is 11.8 Å². The second kappa shape index (κ2) is 13.6. The number of halogens is 1. The van der Waals surface area contributed by atoms with Gasteiger partial charge in [-0.1, -0.05) is 35.9 Å². The molecule has 1 N–H and O–H groups in total. The maximum absolute atomic E-state index is 14.9. The van der Waals surface area contributed by atoms with Gasteiger partial charge in [-0.05, 0) is 82.3 Å². The molecule has 2 aromatic rings. The Morgan fingerprint density at radius 2 is 1.78 bits per heavy atom. The summed E-state index contributed by atoms with van der Waals surface area (Å²) in [5, 5.41) is 9.94. The fourth-order valence-electron chi connectivity index (χ4n) is 7.76. The van der Waals surface area contributed by atoms with E-state index in [1.54, 1.807) is 32.9 Å². The first-order valence-electron chi connectivity index (χ1n) is 16.0. The number of aliphatic hydroxyl groups excluding tert-OH is 1. The Labute approximate surface area is 276 Å². The molecular formula is C36H44ClN3O6. The van der Waals surface area contributed by atoms with Crippen LogP contribution in [0.4, 0.5) is 11.4 Å². The predicted molar refractivity (Wildman–Crippen MR) is 179 cm³/mol. The molecule has 0 aliphatic carbocycles. The van der Waals surface area contributed by atoms with E-state index in [1.807, 2.05) is 57.2 Å². The number of ether oxygens (including phenoxy) is 2. The van der Waals surface area contributed by atoms with E-state index in [1.165, 1.54) is 0 Å². The second-order valence-electron chi connectivity index (χ2n) is 12.5. The number of benzene rings is 2. The number of aryl methyl sites for hydroxylation is 1. The molecule has 1 spiro atoms. The number of rotatable bonds is 14. The zero-order valence-corrected chi connectivity index (χ0v) is 27.7. The number of carbonyl (C=O) groups is 3. The maximum atomic E-state index is 14.9. The number of para-hydroxylation sites is 1.